The Labute approximate surface area is 156 Å². The topological polar surface area (TPSA) is 49.8 Å². The Kier molecular flexibility index (Phi) is 6.49. The van der Waals surface area contributed by atoms with Crippen molar-refractivity contribution in [1.82, 2.24) is 0 Å². The van der Waals surface area contributed by atoms with Crippen molar-refractivity contribution in [3.05, 3.63) is 58.7 Å². The Morgan fingerprint density at radius 1 is 1.19 bits per heavy atom. The summed E-state index contributed by atoms with van der Waals surface area (Å²) in [6.45, 7) is 4.88. The lowest BCUT2D eigenvalue weighted by Crippen LogP contribution is -2.28. The molecule has 4 nitrogen and oxygen atoms in total. The number of rotatable bonds is 6. The van der Waals surface area contributed by atoms with Crippen LogP contribution in [-0.4, -0.2) is 11.1 Å². The molecular formula is C20H22F3NO3. The largest absolute Gasteiger partial charge is 0.489 e. The van der Waals surface area contributed by atoms with Gasteiger partial charge in [0.05, 0.1) is 11.3 Å². The lowest BCUT2D eigenvalue weighted by molar-refractivity contribution is -0.138. The summed E-state index contributed by atoms with van der Waals surface area (Å²) in [6, 6.07) is 8.77. The van der Waals surface area contributed by atoms with E-state index in [2.05, 4.69) is 0 Å². The predicted molar refractivity (Wildman–Crippen MR) is 95.9 cm³/mol. The van der Waals surface area contributed by atoms with Gasteiger partial charge in [0.2, 0.25) is 5.91 Å². The van der Waals surface area contributed by atoms with Gasteiger partial charge in [0.1, 0.15) is 12.4 Å². The van der Waals surface area contributed by atoms with Gasteiger partial charge in [-0.15, -0.1) is 0 Å². The lowest BCUT2D eigenvalue weighted by atomic mass is 10.0. The number of carbonyl (C=O) groups is 1. The van der Waals surface area contributed by atoms with E-state index in [1.54, 1.807) is 6.07 Å². The highest BCUT2D eigenvalue weighted by Crippen LogP contribution is 2.37. The summed E-state index contributed by atoms with van der Waals surface area (Å²) in [7, 11) is 0. The highest BCUT2D eigenvalue weighted by Gasteiger charge is 2.35. The Bertz CT molecular complexity index is 819. The van der Waals surface area contributed by atoms with E-state index in [1.807, 2.05) is 26.0 Å². The molecule has 0 spiro atoms. The maximum absolute atomic E-state index is 13.4. The molecule has 0 saturated heterocycles. The van der Waals surface area contributed by atoms with E-state index in [-0.39, 0.29) is 22.7 Å². The number of hydrogen-bond donors (Lipinski definition) is 1. The van der Waals surface area contributed by atoms with Gasteiger partial charge in [-0.3, -0.25) is 10.0 Å². The average Bonchev–Trinajstić information content (AvgIpc) is 2.64. The molecule has 0 aliphatic carbocycles. The molecule has 0 aliphatic heterocycles. The highest BCUT2D eigenvalue weighted by atomic mass is 19.4. The molecule has 0 bridgehead atoms. The van der Waals surface area contributed by atoms with Crippen molar-refractivity contribution in [1.29, 1.82) is 0 Å². The smallest absolute Gasteiger partial charge is 0.416 e. The summed E-state index contributed by atoms with van der Waals surface area (Å²) >= 11 is 0. The number of nitrogens with zero attached hydrogens (tertiary/aromatic N) is 1. The SMILES string of the molecule is CCC(=O)N(O)c1cccc(C(F)(F)F)c1COc1ccc(CC)cc1C. The van der Waals surface area contributed by atoms with Crippen LogP contribution in [-0.2, 0) is 24.0 Å². The fourth-order valence-corrected chi connectivity index (χ4v) is 2.72. The zero-order valence-electron chi connectivity index (χ0n) is 15.4. The number of halogens is 3. The summed E-state index contributed by atoms with van der Waals surface area (Å²) in [4.78, 5) is 11.8. The molecule has 0 saturated carbocycles. The highest BCUT2D eigenvalue weighted by molar-refractivity contribution is 5.91. The van der Waals surface area contributed by atoms with E-state index in [4.69, 9.17) is 4.74 Å². The van der Waals surface area contributed by atoms with Crippen LogP contribution in [0.5, 0.6) is 5.75 Å². The molecular weight excluding hydrogens is 359 g/mol. The van der Waals surface area contributed by atoms with Crippen LogP contribution in [0, 0.1) is 6.92 Å². The predicted octanol–water partition coefficient (Wildman–Crippen LogP) is 5.29. The number of alkyl halides is 3. The standard InChI is InChI=1S/C20H22F3NO3/c1-4-14-9-10-18(13(3)11-14)27-12-15-16(20(21,22)23)7-6-8-17(15)24(26)19(25)5-2/h6-11,26H,4-5,12H2,1-3H3. The Morgan fingerprint density at radius 2 is 1.89 bits per heavy atom. The number of benzene rings is 2. The van der Waals surface area contributed by atoms with Gasteiger partial charge in [0, 0.05) is 12.0 Å². The molecule has 1 amide bonds. The van der Waals surface area contributed by atoms with E-state index in [1.165, 1.54) is 13.0 Å². The number of aryl methyl sites for hydroxylation is 2. The summed E-state index contributed by atoms with van der Waals surface area (Å²) in [5, 5.41) is 10.3. The first kappa shape index (κ1) is 20.8. The van der Waals surface area contributed by atoms with E-state index in [0.717, 1.165) is 29.7 Å². The maximum atomic E-state index is 13.4. The lowest BCUT2D eigenvalue weighted by Gasteiger charge is -2.22. The molecule has 0 fully saturated rings. The van der Waals surface area contributed by atoms with Gasteiger partial charge in [-0.2, -0.15) is 18.2 Å². The van der Waals surface area contributed by atoms with Gasteiger partial charge >= 0.3 is 6.18 Å². The minimum Gasteiger partial charge on any atom is -0.489 e. The fourth-order valence-electron chi connectivity index (χ4n) is 2.72. The number of ether oxygens (including phenoxy) is 1. The summed E-state index contributed by atoms with van der Waals surface area (Å²) in [5.74, 6) is -0.263. The molecule has 0 aliphatic rings. The molecule has 0 atom stereocenters. The van der Waals surface area contributed by atoms with Crippen molar-refractivity contribution in [2.45, 2.75) is 46.4 Å². The van der Waals surface area contributed by atoms with Gasteiger partial charge in [-0.1, -0.05) is 32.0 Å². The van der Waals surface area contributed by atoms with Crippen LogP contribution in [0.25, 0.3) is 0 Å². The molecule has 2 aromatic carbocycles. The van der Waals surface area contributed by atoms with Crippen LogP contribution in [0.15, 0.2) is 36.4 Å². The second-order valence-corrected chi connectivity index (χ2v) is 6.10. The minimum atomic E-state index is -4.65. The molecule has 0 unspecified atom stereocenters. The molecule has 0 aromatic heterocycles. The maximum Gasteiger partial charge on any atom is 0.416 e. The van der Waals surface area contributed by atoms with Gasteiger partial charge in [0.25, 0.3) is 0 Å². The van der Waals surface area contributed by atoms with Crippen LogP contribution < -0.4 is 9.80 Å². The quantitative estimate of drug-likeness (QED) is 0.547. The molecule has 0 radical (unpaired) electrons. The van der Waals surface area contributed by atoms with E-state index in [0.29, 0.717) is 5.75 Å². The van der Waals surface area contributed by atoms with Gasteiger partial charge in [-0.25, -0.2) is 0 Å². The minimum absolute atomic E-state index is 0.0510. The van der Waals surface area contributed by atoms with E-state index < -0.39 is 24.3 Å². The molecule has 1 N–H and O–H groups in total. The monoisotopic (exact) mass is 381 g/mol. The Morgan fingerprint density at radius 3 is 2.44 bits per heavy atom. The van der Waals surface area contributed by atoms with Crippen LogP contribution in [0.1, 0.15) is 42.5 Å². The van der Waals surface area contributed by atoms with Crippen LogP contribution in [0.3, 0.4) is 0 Å². The van der Waals surface area contributed by atoms with Gasteiger partial charge in [0.15, 0.2) is 0 Å². The van der Waals surface area contributed by atoms with Gasteiger partial charge < -0.3 is 4.74 Å². The number of carbonyl (C=O) groups excluding carboxylic acids is 1. The molecule has 27 heavy (non-hydrogen) atoms. The normalized spacial score (nSPS) is 11.4. The molecule has 2 rings (SSSR count). The molecule has 0 heterocycles. The number of hydroxylamine groups is 1. The molecule has 146 valence electrons. The number of anilines is 1. The van der Waals surface area contributed by atoms with Crippen LogP contribution in [0.4, 0.5) is 18.9 Å². The van der Waals surface area contributed by atoms with Crippen LogP contribution >= 0.6 is 0 Å². The number of hydrogen-bond acceptors (Lipinski definition) is 3. The first-order valence-electron chi connectivity index (χ1n) is 8.62. The van der Waals surface area contributed by atoms with Crippen molar-refractivity contribution >= 4 is 11.6 Å². The summed E-state index contributed by atoms with van der Waals surface area (Å²) in [6.07, 6.45) is -3.86. The zero-order chi connectivity index (χ0) is 20.2. The second-order valence-electron chi connectivity index (χ2n) is 6.10. The van der Waals surface area contributed by atoms with E-state index >= 15 is 0 Å². The van der Waals surface area contributed by atoms with Gasteiger partial charge in [-0.05, 0) is 42.7 Å². The molecule has 2 aromatic rings. The Hall–Kier alpha value is -2.54. The molecule has 7 heteroatoms. The third-order valence-electron chi connectivity index (χ3n) is 4.24. The first-order valence-corrected chi connectivity index (χ1v) is 8.62. The van der Waals surface area contributed by atoms with Crippen molar-refractivity contribution in [2.75, 3.05) is 5.06 Å². The first-order chi connectivity index (χ1) is 12.7. The zero-order valence-corrected chi connectivity index (χ0v) is 15.4. The summed E-state index contributed by atoms with van der Waals surface area (Å²) < 4.78 is 45.9. The van der Waals surface area contributed by atoms with Crippen LogP contribution in [0.2, 0.25) is 0 Å². The second kappa shape index (κ2) is 8.43. The van der Waals surface area contributed by atoms with Crippen molar-refractivity contribution in [2.24, 2.45) is 0 Å². The van der Waals surface area contributed by atoms with Crippen molar-refractivity contribution < 1.29 is 27.9 Å². The number of amides is 1. The summed E-state index contributed by atoms with van der Waals surface area (Å²) in [5.41, 5.74) is 0.399. The third-order valence-corrected chi connectivity index (χ3v) is 4.24. The van der Waals surface area contributed by atoms with Crippen molar-refractivity contribution in [3.63, 3.8) is 0 Å². The Balaban J connectivity index is 2.42. The van der Waals surface area contributed by atoms with Crippen molar-refractivity contribution in [3.8, 4) is 5.75 Å². The van der Waals surface area contributed by atoms with E-state index in [9.17, 15) is 23.2 Å². The fraction of sp³-hybridized carbons (Fsp3) is 0.350. The average molecular weight is 381 g/mol. The third kappa shape index (κ3) is 4.80.